The smallest absolute Gasteiger partial charge is 0.247 e. The third-order valence-electron chi connectivity index (χ3n) is 4.95. The average molecular weight is 389 g/mol. The van der Waals surface area contributed by atoms with Gasteiger partial charge >= 0.3 is 0 Å². The molecular formula is C21H23N7O. The molecule has 29 heavy (non-hydrogen) atoms. The van der Waals surface area contributed by atoms with E-state index in [1.165, 1.54) is 5.57 Å². The summed E-state index contributed by atoms with van der Waals surface area (Å²) in [6.07, 6.45) is 9.78. The third kappa shape index (κ3) is 4.22. The Bertz CT molecular complexity index is 1040. The van der Waals surface area contributed by atoms with Crippen LogP contribution in [0.15, 0.2) is 43.0 Å². The van der Waals surface area contributed by atoms with Crippen molar-refractivity contribution in [3.8, 4) is 11.3 Å². The van der Waals surface area contributed by atoms with Crippen LogP contribution in [0.4, 0.5) is 5.82 Å². The number of carbonyl (C=O) groups is 1. The molecule has 0 aliphatic carbocycles. The second kappa shape index (κ2) is 8.32. The molecule has 4 heterocycles. The number of carbonyl (C=O) groups excluding carboxylic acids is 1. The number of hydrogen-bond acceptors (Lipinski definition) is 6. The molecule has 0 saturated heterocycles. The molecule has 0 radical (unpaired) electrons. The van der Waals surface area contributed by atoms with Gasteiger partial charge in [0, 0.05) is 42.0 Å². The number of nitrogens with zero attached hydrogens (tertiary/aromatic N) is 5. The first-order valence-corrected chi connectivity index (χ1v) is 9.58. The summed E-state index contributed by atoms with van der Waals surface area (Å²) in [7, 11) is 0. The monoisotopic (exact) mass is 389 g/mol. The maximum absolute atomic E-state index is 12.5. The number of anilines is 1. The molecule has 4 rings (SSSR count). The summed E-state index contributed by atoms with van der Waals surface area (Å²) < 4.78 is 1.76. The number of rotatable bonds is 5. The zero-order valence-corrected chi connectivity index (χ0v) is 16.5. The van der Waals surface area contributed by atoms with E-state index in [1.54, 1.807) is 35.5 Å². The lowest BCUT2D eigenvalue weighted by molar-refractivity contribution is -0.117. The molecule has 1 amide bonds. The van der Waals surface area contributed by atoms with Crippen LogP contribution >= 0.6 is 0 Å². The van der Waals surface area contributed by atoms with Crippen molar-refractivity contribution in [2.75, 3.05) is 18.4 Å². The van der Waals surface area contributed by atoms with Gasteiger partial charge in [0.2, 0.25) is 5.91 Å². The lowest BCUT2D eigenvalue weighted by atomic mass is 9.98. The Morgan fingerprint density at radius 3 is 2.79 bits per heavy atom. The van der Waals surface area contributed by atoms with Crippen LogP contribution in [0.3, 0.4) is 0 Å². The van der Waals surface area contributed by atoms with Crippen molar-refractivity contribution in [3.05, 3.63) is 59.9 Å². The van der Waals surface area contributed by atoms with Gasteiger partial charge in [-0.3, -0.25) is 19.4 Å². The minimum absolute atomic E-state index is 0.145. The van der Waals surface area contributed by atoms with E-state index in [9.17, 15) is 4.79 Å². The fourth-order valence-corrected chi connectivity index (χ4v) is 3.55. The van der Waals surface area contributed by atoms with Gasteiger partial charge in [-0.15, -0.1) is 0 Å². The van der Waals surface area contributed by atoms with Crippen LogP contribution in [0, 0.1) is 13.8 Å². The molecular weight excluding hydrogens is 366 g/mol. The van der Waals surface area contributed by atoms with Gasteiger partial charge in [-0.25, -0.2) is 4.98 Å². The molecule has 0 bridgehead atoms. The summed E-state index contributed by atoms with van der Waals surface area (Å²) in [4.78, 5) is 25.1. The molecule has 0 saturated carbocycles. The molecule has 3 aromatic heterocycles. The van der Waals surface area contributed by atoms with Crippen LogP contribution in [-0.4, -0.2) is 43.7 Å². The maximum Gasteiger partial charge on any atom is 0.247 e. The van der Waals surface area contributed by atoms with Crippen LogP contribution in [-0.2, 0) is 11.3 Å². The SMILES string of the molecule is Cc1nn(CC(=O)Nc2ccc(-c3cnccn3)cn2)c(C)c1C1=CCNCC1. The Hall–Kier alpha value is -3.39. The normalized spacial score (nSPS) is 13.8. The van der Waals surface area contributed by atoms with Crippen LogP contribution in [0.1, 0.15) is 23.4 Å². The fraction of sp³-hybridized carbons (Fsp3) is 0.286. The van der Waals surface area contributed by atoms with Crippen molar-refractivity contribution in [1.82, 2.24) is 30.0 Å². The van der Waals surface area contributed by atoms with E-state index in [0.717, 1.165) is 47.7 Å². The second-order valence-corrected chi connectivity index (χ2v) is 6.96. The van der Waals surface area contributed by atoms with Crippen LogP contribution in [0.2, 0.25) is 0 Å². The molecule has 0 spiro atoms. The molecule has 0 unspecified atom stereocenters. The Balaban J connectivity index is 1.44. The van der Waals surface area contributed by atoms with E-state index in [2.05, 4.69) is 36.8 Å². The molecule has 1 aliphatic heterocycles. The molecule has 8 nitrogen and oxygen atoms in total. The Morgan fingerprint density at radius 1 is 1.21 bits per heavy atom. The average Bonchev–Trinajstić information content (AvgIpc) is 3.02. The van der Waals surface area contributed by atoms with Crippen LogP contribution in [0.25, 0.3) is 16.8 Å². The Morgan fingerprint density at radius 2 is 2.10 bits per heavy atom. The minimum atomic E-state index is -0.166. The summed E-state index contributed by atoms with van der Waals surface area (Å²) in [6, 6.07) is 3.62. The van der Waals surface area contributed by atoms with Gasteiger partial charge < -0.3 is 10.6 Å². The van der Waals surface area contributed by atoms with Gasteiger partial charge in [0.1, 0.15) is 12.4 Å². The zero-order chi connectivity index (χ0) is 20.2. The lowest BCUT2D eigenvalue weighted by Gasteiger charge is -2.14. The second-order valence-electron chi connectivity index (χ2n) is 6.96. The van der Waals surface area contributed by atoms with E-state index in [4.69, 9.17) is 0 Å². The highest BCUT2D eigenvalue weighted by atomic mass is 16.2. The van der Waals surface area contributed by atoms with Crippen molar-refractivity contribution >= 4 is 17.3 Å². The summed E-state index contributed by atoms with van der Waals surface area (Å²) >= 11 is 0. The van der Waals surface area contributed by atoms with E-state index in [1.807, 2.05) is 19.9 Å². The topological polar surface area (TPSA) is 97.6 Å². The molecule has 2 N–H and O–H groups in total. The lowest BCUT2D eigenvalue weighted by Crippen LogP contribution is -2.21. The largest absolute Gasteiger partial charge is 0.313 e. The van der Waals surface area contributed by atoms with Crippen LogP contribution in [0.5, 0.6) is 0 Å². The first kappa shape index (κ1) is 18.9. The molecule has 8 heteroatoms. The first-order valence-electron chi connectivity index (χ1n) is 9.58. The van der Waals surface area contributed by atoms with Gasteiger partial charge in [0.05, 0.1) is 17.6 Å². The van der Waals surface area contributed by atoms with Crippen molar-refractivity contribution < 1.29 is 4.79 Å². The Labute approximate surface area is 169 Å². The quantitative estimate of drug-likeness (QED) is 0.695. The third-order valence-corrected chi connectivity index (χ3v) is 4.95. The van der Waals surface area contributed by atoms with Crippen LogP contribution < -0.4 is 10.6 Å². The summed E-state index contributed by atoms with van der Waals surface area (Å²) in [6.45, 7) is 5.99. The van der Waals surface area contributed by atoms with Gasteiger partial charge in [0.15, 0.2) is 0 Å². The standard InChI is InChI=1S/C21H23N7O/c1-14-21(16-5-7-22-8-6-16)15(2)28(27-14)13-20(29)26-19-4-3-17(11-25-19)18-12-23-9-10-24-18/h3-5,9-12,22H,6-8,13H2,1-2H3,(H,25,26,29). The number of nitrogens with one attached hydrogen (secondary N) is 2. The predicted molar refractivity (Wildman–Crippen MR) is 111 cm³/mol. The number of aryl methyl sites for hydroxylation is 1. The highest BCUT2D eigenvalue weighted by Crippen LogP contribution is 2.26. The van der Waals surface area contributed by atoms with E-state index >= 15 is 0 Å². The summed E-state index contributed by atoms with van der Waals surface area (Å²) in [5.41, 5.74) is 6.00. The van der Waals surface area contributed by atoms with E-state index in [-0.39, 0.29) is 12.5 Å². The zero-order valence-electron chi connectivity index (χ0n) is 16.5. The molecule has 3 aromatic rings. The van der Waals surface area contributed by atoms with E-state index in [0.29, 0.717) is 5.82 Å². The number of hydrogen-bond donors (Lipinski definition) is 2. The highest BCUT2D eigenvalue weighted by Gasteiger charge is 2.18. The highest BCUT2D eigenvalue weighted by molar-refractivity contribution is 5.89. The predicted octanol–water partition coefficient (Wildman–Crippen LogP) is 2.37. The molecule has 0 aromatic carbocycles. The Kier molecular flexibility index (Phi) is 5.44. The van der Waals surface area contributed by atoms with Crippen molar-refractivity contribution in [2.45, 2.75) is 26.8 Å². The van der Waals surface area contributed by atoms with Gasteiger partial charge in [-0.05, 0) is 44.5 Å². The minimum Gasteiger partial charge on any atom is -0.313 e. The van der Waals surface area contributed by atoms with Crippen molar-refractivity contribution in [3.63, 3.8) is 0 Å². The molecule has 148 valence electrons. The summed E-state index contributed by atoms with van der Waals surface area (Å²) in [5.74, 6) is 0.326. The van der Waals surface area contributed by atoms with Gasteiger partial charge in [0.25, 0.3) is 0 Å². The molecule has 0 fully saturated rings. The number of aromatic nitrogens is 5. The van der Waals surface area contributed by atoms with Gasteiger partial charge in [-0.1, -0.05) is 6.08 Å². The number of pyridine rings is 1. The fourth-order valence-electron chi connectivity index (χ4n) is 3.55. The van der Waals surface area contributed by atoms with Crippen molar-refractivity contribution in [1.29, 1.82) is 0 Å². The number of amides is 1. The van der Waals surface area contributed by atoms with Crippen molar-refractivity contribution in [2.24, 2.45) is 0 Å². The molecule has 0 atom stereocenters. The first-order chi connectivity index (χ1) is 14.1. The maximum atomic E-state index is 12.5. The van der Waals surface area contributed by atoms with Gasteiger partial charge in [-0.2, -0.15) is 5.10 Å². The summed E-state index contributed by atoms with van der Waals surface area (Å²) in [5, 5.41) is 10.7. The molecule has 1 aliphatic rings. The van der Waals surface area contributed by atoms with E-state index < -0.39 is 0 Å².